The van der Waals surface area contributed by atoms with Crippen molar-refractivity contribution in [2.24, 2.45) is 0 Å². The van der Waals surface area contributed by atoms with E-state index in [1.165, 1.54) is 12.8 Å². The van der Waals surface area contributed by atoms with Crippen LogP contribution in [0.3, 0.4) is 0 Å². The Morgan fingerprint density at radius 1 is 1.38 bits per heavy atom. The van der Waals surface area contributed by atoms with Crippen LogP contribution in [0.2, 0.25) is 0 Å². The van der Waals surface area contributed by atoms with Crippen molar-refractivity contribution in [1.29, 1.82) is 0 Å². The van der Waals surface area contributed by atoms with Crippen LogP contribution in [0.15, 0.2) is 0 Å². The predicted octanol–water partition coefficient (Wildman–Crippen LogP) is 2.59. The van der Waals surface area contributed by atoms with Crippen molar-refractivity contribution in [2.75, 3.05) is 20.1 Å². The number of carbonyl (C=O) groups excluding carboxylic acids is 1. The summed E-state index contributed by atoms with van der Waals surface area (Å²) in [5.74, 6) is 0.371. The molecule has 0 aromatic rings. The van der Waals surface area contributed by atoms with E-state index < -0.39 is 0 Å². The molecule has 2 unspecified atom stereocenters. The molecule has 0 aromatic heterocycles. The number of hydrogen-bond acceptors (Lipinski definition) is 3. The second-order valence-electron chi connectivity index (χ2n) is 6.97. The van der Waals surface area contributed by atoms with Crippen LogP contribution in [-0.4, -0.2) is 53.6 Å². The Morgan fingerprint density at radius 2 is 2.05 bits per heavy atom. The molecule has 1 amide bonds. The van der Waals surface area contributed by atoms with E-state index in [9.17, 15) is 4.79 Å². The summed E-state index contributed by atoms with van der Waals surface area (Å²) in [6.07, 6.45) is 8.06. The summed E-state index contributed by atoms with van der Waals surface area (Å²) in [5.41, 5.74) is -0.214. The van der Waals surface area contributed by atoms with Crippen LogP contribution in [0.1, 0.15) is 65.7 Å². The fourth-order valence-electron chi connectivity index (χ4n) is 3.77. The zero-order valence-corrected chi connectivity index (χ0v) is 14.3. The van der Waals surface area contributed by atoms with Crippen LogP contribution in [0.5, 0.6) is 0 Å². The third-order valence-electron chi connectivity index (χ3n) is 5.55. The molecule has 1 heterocycles. The molecule has 2 aliphatic rings. The van der Waals surface area contributed by atoms with Crippen molar-refractivity contribution in [3.8, 4) is 0 Å². The Hall–Kier alpha value is -0.610. The highest BCUT2D eigenvalue weighted by Crippen LogP contribution is 2.37. The van der Waals surface area contributed by atoms with Gasteiger partial charge in [-0.3, -0.25) is 10.1 Å². The summed E-state index contributed by atoms with van der Waals surface area (Å²) in [5, 5.41) is 3.69. The fourth-order valence-corrected chi connectivity index (χ4v) is 3.77. The highest BCUT2D eigenvalue weighted by Gasteiger charge is 2.51. The minimum atomic E-state index is -0.214. The Bertz CT molecular complexity index is 352. The number of nitrogens with zero attached hydrogens (tertiary/aromatic N) is 2. The molecule has 4 nitrogen and oxygen atoms in total. The smallest absolute Gasteiger partial charge is 0.244 e. The number of nitrogens with one attached hydrogen (secondary N) is 1. The van der Waals surface area contributed by atoms with E-state index in [0.29, 0.717) is 11.9 Å². The van der Waals surface area contributed by atoms with E-state index in [4.69, 9.17) is 0 Å². The van der Waals surface area contributed by atoms with Crippen LogP contribution >= 0.6 is 0 Å². The summed E-state index contributed by atoms with van der Waals surface area (Å²) < 4.78 is 0. The first-order valence-electron chi connectivity index (χ1n) is 8.83. The van der Waals surface area contributed by atoms with Crippen molar-refractivity contribution < 1.29 is 4.79 Å². The summed E-state index contributed by atoms with van der Waals surface area (Å²) >= 11 is 0. The Morgan fingerprint density at radius 3 is 2.62 bits per heavy atom. The van der Waals surface area contributed by atoms with Gasteiger partial charge in [0.15, 0.2) is 0 Å². The maximum absolute atomic E-state index is 12.9. The van der Waals surface area contributed by atoms with Crippen molar-refractivity contribution in [3.05, 3.63) is 0 Å². The van der Waals surface area contributed by atoms with Gasteiger partial charge in [-0.1, -0.05) is 33.1 Å². The Labute approximate surface area is 130 Å². The largest absolute Gasteiger partial charge is 0.324 e. The lowest BCUT2D eigenvalue weighted by Gasteiger charge is -2.29. The van der Waals surface area contributed by atoms with Crippen LogP contribution < -0.4 is 5.32 Å². The Kier molecular flexibility index (Phi) is 5.67. The van der Waals surface area contributed by atoms with E-state index in [2.05, 4.69) is 42.9 Å². The van der Waals surface area contributed by atoms with Crippen LogP contribution in [0.25, 0.3) is 0 Å². The first kappa shape index (κ1) is 16.8. The van der Waals surface area contributed by atoms with Crippen LogP contribution in [0, 0.1) is 0 Å². The normalized spacial score (nSPS) is 26.2. The number of rotatable bonds is 7. The number of likely N-dealkylation sites (N-methyl/N-ethyl adjacent to an activating group) is 1. The van der Waals surface area contributed by atoms with Gasteiger partial charge >= 0.3 is 0 Å². The van der Waals surface area contributed by atoms with Crippen molar-refractivity contribution in [3.63, 3.8) is 0 Å². The van der Waals surface area contributed by atoms with Crippen molar-refractivity contribution in [2.45, 2.75) is 83.5 Å². The lowest BCUT2D eigenvalue weighted by atomic mass is 9.98. The topological polar surface area (TPSA) is 35.6 Å². The second kappa shape index (κ2) is 7.10. The third kappa shape index (κ3) is 3.42. The lowest BCUT2D eigenvalue weighted by molar-refractivity contribution is -0.133. The molecule has 1 spiro atoms. The van der Waals surface area contributed by atoms with Crippen LogP contribution in [-0.2, 0) is 4.79 Å². The highest BCUT2D eigenvalue weighted by atomic mass is 16.2. The van der Waals surface area contributed by atoms with Gasteiger partial charge in [-0.2, -0.15) is 0 Å². The molecule has 2 atom stereocenters. The molecule has 1 aliphatic carbocycles. The van der Waals surface area contributed by atoms with Gasteiger partial charge in [0.1, 0.15) is 0 Å². The summed E-state index contributed by atoms with van der Waals surface area (Å²) in [7, 11) is 2.17. The van der Waals surface area contributed by atoms with E-state index in [1.807, 2.05) is 0 Å². The average molecular weight is 295 g/mol. The van der Waals surface area contributed by atoms with E-state index in [-0.39, 0.29) is 11.7 Å². The van der Waals surface area contributed by atoms with Crippen LogP contribution in [0.4, 0.5) is 0 Å². The highest BCUT2D eigenvalue weighted by molar-refractivity contribution is 5.89. The quantitative estimate of drug-likeness (QED) is 0.784. The minimum absolute atomic E-state index is 0.214. The molecule has 2 rings (SSSR count). The number of amides is 1. The zero-order valence-electron chi connectivity index (χ0n) is 14.3. The van der Waals surface area contributed by atoms with Crippen molar-refractivity contribution >= 4 is 5.91 Å². The van der Waals surface area contributed by atoms with Gasteiger partial charge in [-0.25, -0.2) is 0 Å². The predicted molar refractivity (Wildman–Crippen MR) is 87.1 cm³/mol. The first-order valence-corrected chi connectivity index (χ1v) is 8.83. The molecule has 1 N–H and O–H groups in total. The summed E-state index contributed by atoms with van der Waals surface area (Å²) in [6, 6.07) is 0.584. The van der Waals surface area contributed by atoms with Gasteiger partial charge in [0, 0.05) is 19.1 Å². The van der Waals surface area contributed by atoms with Crippen molar-refractivity contribution in [1.82, 2.24) is 15.1 Å². The summed E-state index contributed by atoms with van der Waals surface area (Å²) in [4.78, 5) is 17.4. The fraction of sp³-hybridized carbons (Fsp3) is 0.941. The van der Waals surface area contributed by atoms with E-state index in [0.717, 1.165) is 45.2 Å². The van der Waals surface area contributed by atoms with Gasteiger partial charge in [0.2, 0.25) is 5.91 Å². The van der Waals surface area contributed by atoms with Gasteiger partial charge in [-0.15, -0.1) is 0 Å². The summed E-state index contributed by atoms with van der Waals surface area (Å²) in [6.45, 7) is 8.51. The molecule has 1 saturated carbocycles. The minimum Gasteiger partial charge on any atom is -0.324 e. The second-order valence-corrected chi connectivity index (χ2v) is 6.97. The molecule has 1 saturated heterocycles. The molecular formula is C17H33N3O. The molecule has 4 heteroatoms. The standard InChI is InChI=1S/C17H33N3O/c1-5-9-15-18-17(10-7-8-11-17)16(21)20(15)13-12-19(4)14(3)6-2/h14-15,18H,5-13H2,1-4H3. The first-order chi connectivity index (χ1) is 10.0. The lowest BCUT2D eigenvalue weighted by Crippen LogP contribution is -2.45. The monoisotopic (exact) mass is 295 g/mol. The van der Waals surface area contributed by atoms with Gasteiger partial charge in [0.25, 0.3) is 0 Å². The van der Waals surface area contributed by atoms with Gasteiger partial charge in [0.05, 0.1) is 11.7 Å². The SMILES string of the molecule is CCCC1NC2(CCCC2)C(=O)N1CCN(C)C(C)CC. The maximum Gasteiger partial charge on any atom is 0.244 e. The molecule has 0 radical (unpaired) electrons. The number of carbonyl (C=O) groups is 1. The molecular weight excluding hydrogens is 262 g/mol. The molecule has 0 bridgehead atoms. The van der Waals surface area contributed by atoms with E-state index >= 15 is 0 Å². The average Bonchev–Trinajstić information content (AvgIpc) is 3.04. The molecule has 122 valence electrons. The molecule has 1 aliphatic heterocycles. The molecule has 0 aromatic carbocycles. The van der Waals surface area contributed by atoms with Gasteiger partial charge < -0.3 is 9.80 Å². The Balaban J connectivity index is 1.99. The van der Waals surface area contributed by atoms with E-state index in [1.54, 1.807) is 0 Å². The maximum atomic E-state index is 12.9. The molecule has 21 heavy (non-hydrogen) atoms. The third-order valence-corrected chi connectivity index (χ3v) is 5.55. The van der Waals surface area contributed by atoms with Gasteiger partial charge in [-0.05, 0) is 39.7 Å². The molecule has 2 fully saturated rings. The zero-order chi connectivity index (χ0) is 15.5. The number of hydrogen-bond donors (Lipinski definition) is 1.